The maximum absolute atomic E-state index is 13.5. The number of hydrogen-bond acceptors (Lipinski definition) is 3. The molecular weight excluding hydrogens is 291 g/mol. The Morgan fingerprint density at radius 2 is 1.62 bits per heavy atom. The molecule has 0 radical (unpaired) electrons. The minimum absolute atomic E-state index is 0.177. The van der Waals surface area contributed by atoms with Gasteiger partial charge in [0.15, 0.2) is 5.11 Å². The number of rotatable bonds is 3. The first kappa shape index (κ1) is 14.9. The first-order chi connectivity index (χ1) is 10.1. The van der Waals surface area contributed by atoms with Crippen LogP contribution in [0.5, 0.6) is 0 Å². The molecule has 0 atom stereocenters. The van der Waals surface area contributed by atoms with Crippen LogP contribution in [0.25, 0.3) is 0 Å². The van der Waals surface area contributed by atoms with Gasteiger partial charge in [0.2, 0.25) is 0 Å². The van der Waals surface area contributed by atoms with Crippen molar-refractivity contribution in [2.75, 3.05) is 17.7 Å². The van der Waals surface area contributed by atoms with Crippen LogP contribution in [-0.2, 0) is 4.74 Å². The predicted octanol–water partition coefficient (Wildman–Crippen LogP) is 3.42. The van der Waals surface area contributed by atoms with Crippen molar-refractivity contribution in [3.63, 3.8) is 0 Å². The van der Waals surface area contributed by atoms with Crippen molar-refractivity contribution in [2.24, 2.45) is 0 Å². The second kappa shape index (κ2) is 6.81. The lowest BCUT2D eigenvalue weighted by atomic mass is 10.2. The number of para-hydroxylation sites is 2. The summed E-state index contributed by atoms with van der Waals surface area (Å²) in [5.41, 5.74) is 1.08. The van der Waals surface area contributed by atoms with Crippen molar-refractivity contribution < 1.29 is 13.9 Å². The normalized spacial score (nSPS) is 9.81. The van der Waals surface area contributed by atoms with Crippen LogP contribution in [0.1, 0.15) is 10.4 Å². The molecular formula is C15H13FN2O2S. The van der Waals surface area contributed by atoms with E-state index in [1.165, 1.54) is 13.2 Å². The van der Waals surface area contributed by atoms with E-state index in [0.29, 0.717) is 11.3 Å². The zero-order valence-electron chi connectivity index (χ0n) is 11.2. The number of methoxy groups -OCH3 is 1. The Morgan fingerprint density at radius 1 is 1.05 bits per heavy atom. The van der Waals surface area contributed by atoms with Crippen molar-refractivity contribution in [1.82, 2.24) is 0 Å². The van der Waals surface area contributed by atoms with E-state index in [1.807, 2.05) is 0 Å². The SMILES string of the molecule is COC(=O)c1ccccc1NC(=S)Nc1ccccc1F. The number of esters is 1. The van der Waals surface area contributed by atoms with E-state index in [9.17, 15) is 9.18 Å². The number of carbonyl (C=O) groups is 1. The smallest absolute Gasteiger partial charge is 0.339 e. The molecule has 21 heavy (non-hydrogen) atoms. The van der Waals surface area contributed by atoms with Gasteiger partial charge in [-0.3, -0.25) is 0 Å². The first-order valence-electron chi connectivity index (χ1n) is 6.11. The summed E-state index contributed by atoms with van der Waals surface area (Å²) in [6, 6.07) is 12.9. The van der Waals surface area contributed by atoms with Gasteiger partial charge >= 0.3 is 5.97 Å². The molecule has 0 spiro atoms. The van der Waals surface area contributed by atoms with E-state index in [4.69, 9.17) is 17.0 Å². The van der Waals surface area contributed by atoms with Crippen LogP contribution in [0.4, 0.5) is 15.8 Å². The maximum Gasteiger partial charge on any atom is 0.339 e. The molecule has 2 aromatic rings. The van der Waals surface area contributed by atoms with E-state index in [-0.39, 0.29) is 10.8 Å². The number of ether oxygens (including phenoxy) is 1. The van der Waals surface area contributed by atoms with Crippen molar-refractivity contribution >= 4 is 34.7 Å². The molecule has 2 N–H and O–H groups in total. The third-order valence-electron chi connectivity index (χ3n) is 2.70. The highest BCUT2D eigenvalue weighted by molar-refractivity contribution is 7.80. The second-order valence-electron chi connectivity index (χ2n) is 4.10. The fourth-order valence-corrected chi connectivity index (χ4v) is 1.94. The van der Waals surface area contributed by atoms with E-state index < -0.39 is 11.8 Å². The summed E-state index contributed by atoms with van der Waals surface area (Å²) in [5.74, 6) is -0.894. The summed E-state index contributed by atoms with van der Waals surface area (Å²) in [7, 11) is 1.30. The highest BCUT2D eigenvalue weighted by atomic mass is 32.1. The topological polar surface area (TPSA) is 50.4 Å². The van der Waals surface area contributed by atoms with Crippen molar-refractivity contribution in [2.45, 2.75) is 0 Å². The van der Waals surface area contributed by atoms with E-state index in [2.05, 4.69) is 10.6 Å². The fraction of sp³-hybridized carbons (Fsp3) is 0.0667. The van der Waals surface area contributed by atoms with Crippen molar-refractivity contribution in [1.29, 1.82) is 0 Å². The van der Waals surface area contributed by atoms with E-state index >= 15 is 0 Å². The number of thiocarbonyl (C=S) groups is 1. The molecule has 0 aliphatic rings. The lowest BCUT2D eigenvalue weighted by Gasteiger charge is -2.13. The molecule has 6 heteroatoms. The van der Waals surface area contributed by atoms with Crippen LogP contribution in [0.2, 0.25) is 0 Å². The van der Waals surface area contributed by atoms with Crippen molar-refractivity contribution in [3.05, 3.63) is 59.9 Å². The van der Waals surface area contributed by atoms with Gasteiger partial charge in [0.05, 0.1) is 24.0 Å². The molecule has 0 heterocycles. The van der Waals surface area contributed by atoms with Crippen LogP contribution in [0.3, 0.4) is 0 Å². The minimum atomic E-state index is -0.480. The predicted molar refractivity (Wildman–Crippen MR) is 84.0 cm³/mol. The van der Waals surface area contributed by atoms with Crippen LogP contribution in [-0.4, -0.2) is 18.2 Å². The lowest BCUT2D eigenvalue weighted by molar-refractivity contribution is 0.0602. The first-order valence-corrected chi connectivity index (χ1v) is 6.52. The number of carbonyl (C=O) groups excluding carboxylic acids is 1. The standard InChI is InChI=1S/C15H13FN2O2S/c1-20-14(19)10-6-2-4-8-12(10)17-15(21)18-13-9-5-3-7-11(13)16/h2-9H,1H3,(H2,17,18,21). The second-order valence-corrected chi connectivity index (χ2v) is 4.50. The van der Waals surface area contributed by atoms with Gasteiger partial charge in [-0.05, 0) is 36.5 Å². The summed E-state index contributed by atoms with van der Waals surface area (Å²) in [5, 5.41) is 5.77. The van der Waals surface area contributed by atoms with Gasteiger partial charge in [-0.25, -0.2) is 9.18 Å². The molecule has 2 rings (SSSR count). The highest BCUT2D eigenvalue weighted by Gasteiger charge is 2.12. The van der Waals surface area contributed by atoms with E-state index in [1.54, 1.807) is 42.5 Å². The average molecular weight is 304 g/mol. The van der Waals surface area contributed by atoms with Crippen LogP contribution < -0.4 is 10.6 Å². The Balaban J connectivity index is 2.14. The zero-order chi connectivity index (χ0) is 15.2. The van der Waals surface area contributed by atoms with Gasteiger partial charge < -0.3 is 15.4 Å². The van der Waals surface area contributed by atoms with Crippen molar-refractivity contribution in [3.8, 4) is 0 Å². The Morgan fingerprint density at radius 3 is 2.29 bits per heavy atom. The number of nitrogens with one attached hydrogen (secondary N) is 2. The molecule has 0 aliphatic heterocycles. The average Bonchev–Trinajstić information content (AvgIpc) is 2.49. The monoisotopic (exact) mass is 304 g/mol. The van der Waals surface area contributed by atoms with Gasteiger partial charge in [-0.1, -0.05) is 24.3 Å². The Labute approximate surface area is 126 Å². The summed E-state index contributed by atoms with van der Waals surface area (Å²) in [4.78, 5) is 11.6. The molecule has 0 saturated carbocycles. The van der Waals surface area contributed by atoms with Gasteiger partial charge in [-0.15, -0.1) is 0 Å². The van der Waals surface area contributed by atoms with Crippen LogP contribution in [0, 0.1) is 5.82 Å². The Kier molecular flexibility index (Phi) is 4.84. The van der Waals surface area contributed by atoms with Gasteiger partial charge in [-0.2, -0.15) is 0 Å². The molecule has 0 aromatic heterocycles. The highest BCUT2D eigenvalue weighted by Crippen LogP contribution is 2.17. The summed E-state index contributed by atoms with van der Waals surface area (Å²) in [6.45, 7) is 0. The molecule has 0 fully saturated rings. The summed E-state index contributed by atoms with van der Waals surface area (Å²) in [6.07, 6.45) is 0. The number of benzene rings is 2. The van der Waals surface area contributed by atoms with Gasteiger partial charge in [0.1, 0.15) is 5.82 Å². The quantitative estimate of drug-likeness (QED) is 0.672. The van der Waals surface area contributed by atoms with Crippen LogP contribution in [0.15, 0.2) is 48.5 Å². The third-order valence-corrected chi connectivity index (χ3v) is 2.91. The Bertz CT molecular complexity index is 676. The molecule has 4 nitrogen and oxygen atoms in total. The molecule has 0 amide bonds. The minimum Gasteiger partial charge on any atom is -0.465 e. The summed E-state index contributed by atoms with van der Waals surface area (Å²) < 4.78 is 18.2. The number of hydrogen-bond donors (Lipinski definition) is 2. The summed E-state index contributed by atoms with van der Waals surface area (Å²) >= 11 is 5.12. The largest absolute Gasteiger partial charge is 0.465 e. The molecule has 2 aromatic carbocycles. The van der Waals surface area contributed by atoms with E-state index in [0.717, 1.165) is 0 Å². The molecule has 108 valence electrons. The van der Waals surface area contributed by atoms with Crippen LogP contribution >= 0.6 is 12.2 Å². The maximum atomic E-state index is 13.5. The molecule has 0 aliphatic carbocycles. The van der Waals surface area contributed by atoms with Gasteiger partial charge in [0, 0.05) is 0 Å². The molecule has 0 bridgehead atoms. The molecule has 0 unspecified atom stereocenters. The molecule has 0 saturated heterocycles. The lowest BCUT2D eigenvalue weighted by Crippen LogP contribution is -2.21. The number of halogens is 1. The third kappa shape index (κ3) is 3.76. The Hall–Kier alpha value is -2.47. The number of anilines is 2. The van der Waals surface area contributed by atoms with Gasteiger partial charge in [0.25, 0.3) is 0 Å². The fourth-order valence-electron chi connectivity index (χ4n) is 1.72. The zero-order valence-corrected chi connectivity index (χ0v) is 12.0.